The van der Waals surface area contributed by atoms with Crippen LogP contribution in [0.5, 0.6) is 5.88 Å². The topological polar surface area (TPSA) is 101 Å². The molecule has 1 fully saturated rings. The van der Waals surface area contributed by atoms with Crippen molar-refractivity contribution in [2.75, 3.05) is 25.0 Å². The number of fused-ring (bicyclic) bond motifs is 1. The maximum absolute atomic E-state index is 13.1. The zero-order valence-electron chi connectivity index (χ0n) is 18.3. The van der Waals surface area contributed by atoms with Crippen molar-refractivity contribution in [1.82, 2.24) is 14.3 Å². The van der Waals surface area contributed by atoms with Crippen LogP contribution in [0.4, 0.5) is 5.69 Å². The van der Waals surface area contributed by atoms with Crippen molar-refractivity contribution in [1.29, 1.82) is 0 Å². The van der Waals surface area contributed by atoms with Crippen molar-refractivity contribution in [2.45, 2.75) is 44.9 Å². The van der Waals surface area contributed by atoms with Crippen LogP contribution in [-0.4, -0.2) is 48.3 Å². The van der Waals surface area contributed by atoms with E-state index in [4.69, 9.17) is 4.74 Å². The molecule has 2 aromatic heterocycles. The van der Waals surface area contributed by atoms with Gasteiger partial charge in [-0.3, -0.25) is 4.79 Å². The minimum absolute atomic E-state index is 0.222. The van der Waals surface area contributed by atoms with Gasteiger partial charge in [-0.15, -0.1) is 11.3 Å². The number of rotatable bonds is 6. The van der Waals surface area contributed by atoms with Gasteiger partial charge in [0.2, 0.25) is 15.9 Å². The molecule has 4 rings (SSSR count). The van der Waals surface area contributed by atoms with Crippen LogP contribution in [0.3, 0.4) is 0 Å². The molecule has 0 aliphatic carbocycles. The second-order valence-corrected chi connectivity index (χ2v) is 11.0. The summed E-state index contributed by atoms with van der Waals surface area (Å²) in [6.45, 7) is 6.55. The number of nitrogens with one attached hydrogen (secondary N) is 1. The lowest BCUT2D eigenvalue weighted by Gasteiger charge is -2.26. The summed E-state index contributed by atoms with van der Waals surface area (Å²) in [6.07, 6.45) is 4.20. The predicted molar refractivity (Wildman–Crippen MR) is 125 cm³/mol. The minimum Gasteiger partial charge on any atom is -0.467 e. The number of amides is 1. The first kappa shape index (κ1) is 22.6. The second kappa shape index (κ2) is 9.13. The Morgan fingerprint density at radius 1 is 1.16 bits per heavy atom. The first-order chi connectivity index (χ1) is 15.3. The van der Waals surface area contributed by atoms with Crippen LogP contribution < -0.4 is 10.1 Å². The van der Waals surface area contributed by atoms with E-state index in [0.717, 1.165) is 39.9 Å². The zero-order chi connectivity index (χ0) is 22.9. The normalized spacial score (nSPS) is 15.1. The van der Waals surface area contributed by atoms with Crippen LogP contribution >= 0.6 is 11.3 Å². The number of ether oxygens (including phenoxy) is 1. The van der Waals surface area contributed by atoms with Crippen LogP contribution in [0, 0.1) is 20.8 Å². The summed E-state index contributed by atoms with van der Waals surface area (Å²) >= 11 is 1.55. The van der Waals surface area contributed by atoms with Gasteiger partial charge in [-0.2, -0.15) is 4.31 Å². The van der Waals surface area contributed by atoms with Crippen molar-refractivity contribution in [2.24, 2.45) is 0 Å². The fourth-order valence-electron chi connectivity index (χ4n) is 3.79. The molecule has 1 aliphatic heterocycles. The molecule has 10 heteroatoms. The molecule has 1 saturated heterocycles. The van der Waals surface area contributed by atoms with Crippen LogP contribution in [0.15, 0.2) is 29.4 Å². The van der Waals surface area contributed by atoms with Gasteiger partial charge in [0.1, 0.15) is 11.2 Å². The van der Waals surface area contributed by atoms with Crippen LogP contribution in [0.25, 0.3) is 10.2 Å². The predicted octanol–water partition coefficient (Wildman–Crippen LogP) is 3.81. The molecular formula is C22H26N4O4S2. The number of sulfonamides is 1. The highest BCUT2D eigenvalue weighted by atomic mass is 32.2. The summed E-state index contributed by atoms with van der Waals surface area (Å²) in [5.74, 6) is -0.0317. The van der Waals surface area contributed by atoms with E-state index >= 15 is 0 Å². The molecule has 170 valence electrons. The number of nitrogens with zero attached hydrogens (tertiary/aromatic N) is 3. The summed E-state index contributed by atoms with van der Waals surface area (Å²) in [6, 6.07) is 4.92. The zero-order valence-corrected chi connectivity index (χ0v) is 20.0. The smallest absolute Gasteiger partial charge is 0.262 e. The van der Waals surface area contributed by atoms with Crippen molar-refractivity contribution in [3.63, 3.8) is 0 Å². The number of piperidine rings is 1. The van der Waals surface area contributed by atoms with E-state index in [1.54, 1.807) is 30.4 Å². The van der Waals surface area contributed by atoms with E-state index in [1.165, 1.54) is 16.7 Å². The highest BCUT2D eigenvalue weighted by Crippen LogP contribution is 2.33. The number of anilines is 1. The van der Waals surface area contributed by atoms with E-state index in [0.29, 0.717) is 30.2 Å². The van der Waals surface area contributed by atoms with Gasteiger partial charge in [-0.05, 0) is 56.9 Å². The maximum atomic E-state index is 13.1. The minimum atomic E-state index is -3.60. The first-order valence-electron chi connectivity index (χ1n) is 10.5. The number of benzene rings is 1. The molecule has 8 nitrogen and oxygen atoms in total. The highest BCUT2D eigenvalue weighted by Gasteiger charge is 2.27. The van der Waals surface area contributed by atoms with Gasteiger partial charge in [0.05, 0.1) is 10.3 Å². The Hall–Kier alpha value is -2.56. The summed E-state index contributed by atoms with van der Waals surface area (Å²) in [5.41, 5.74) is 2.10. The maximum Gasteiger partial charge on any atom is 0.262 e. The first-order valence-corrected chi connectivity index (χ1v) is 12.8. The van der Waals surface area contributed by atoms with E-state index in [-0.39, 0.29) is 11.5 Å². The third-order valence-electron chi connectivity index (χ3n) is 5.68. The lowest BCUT2D eigenvalue weighted by molar-refractivity contribution is -0.118. The second-order valence-electron chi connectivity index (χ2n) is 7.92. The quantitative estimate of drug-likeness (QED) is 0.583. The van der Waals surface area contributed by atoms with E-state index < -0.39 is 15.9 Å². The number of thiophene rings is 1. The Morgan fingerprint density at radius 2 is 1.91 bits per heavy atom. The molecule has 0 atom stereocenters. The van der Waals surface area contributed by atoms with Gasteiger partial charge in [-0.1, -0.05) is 12.5 Å². The Bertz CT molecular complexity index is 1260. The van der Waals surface area contributed by atoms with Crippen LogP contribution in [-0.2, 0) is 14.8 Å². The van der Waals surface area contributed by atoms with Crippen molar-refractivity contribution < 1.29 is 17.9 Å². The molecular weight excluding hydrogens is 448 g/mol. The van der Waals surface area contributed by atoms with Gasteiger partial charge in [0.25, 0.3) is 5.91 Å². The molecule has 1 aliphatic rings. The van der Waals surface area contributed by atoms with Gasteiger partial charge >= 0.3 is 0 Å². The fraction of sp³-hybridized carbons (Fsp3) is 0.409. The van der Waals surface area contributed by atoms with Crippen molar-refractivity contribution in [3.8, 4) is 5.88 Å². The molecule has 3 heterocycles. The molecule has 1 N–H and O–H groups in total. The molecule has 0 radical (unpaired) electrons. The number of carbonyl (C=O) groups is 1. The molecule has 0 spiro atoms. The molecule has 1 amide bonds. The standard InChI is InChI=1S/C22H26N4O4S2/c1-14-7-8-17(11-18(14)32(28,29)26-9-5-4-6-10-26)25-19(27)12-30-21-20-15(2)16(3)31-22(20)24-13-23-21/h7-8,11,13H,4-6,9-10,12H2,1-3H3,(H,25,27). The number of hydrogen-bond acceptors (Lipinski definition) is 7. The summed E-state index contributed by atoms with van der Waals surface area (Å²) in [5, 5.41) is 3.55. The van der Waals surface area contributed by atoms with Crippen LogP contribution in [0.1, 0.15) is 35.3 Å². The Balaban J connectivity index is 1.48. The molecule has 0 saturated carbocycles. The summed E-state index contributed by atoms with van der Waals surface area (Å²) < 4.78 is 33.4. The summed E-state index contributed by atoms with van der Waals surface area (Å²) in [4.78, 5) is 23.1. The number of aromatic nitrogens is 2. The summed E-state index contributed by atoms with van der Waals surface area (Å²) in [7, 11) is -3.60. The third kappa shape index (κ3) is 4.48. The van der Waals surface area contributed by atoms with Gasteiger partial charge in [0.15, 0.2) is 6.61 Å². The van der Waals surface area contributed by atoms with Gasteiger partial charge in [0, 0.05) is 23.7 Å². The SMILES string of the molecule is Cc1ccc(NC(=O)COc2ncnc3sc(C)c(C)c23)cc1S(=O)(=O)N1CCCCC1. The average Bonchev–Trinajstić information content (AvgIpc) is 3.08. The Morgan fingerprint density at radius 3 is 2.66 bits per heavy atom. The monoisotopic (exact) mass is 474 g/mol. The van der Waals surface area contributed by atoms with Crippen LogP contribution in [0.2, 0.25) is 0 Å². The molecule has 1 aromatic carbocycles. The van der Waals surface area contributed by atoms with Gasteiger partial charge in [-0.25, -0.2) is 18.4 Å². The van der Waals surface area contributed by atoms with E-state index in [2.05, 4.69) is 15.3 Å². The average molecular weight is 475 g/mol. The van der Waals surface area contributed by atoms with Gasteiger partial charge < -0.3 is 10.1 Å². The van der Waals surface area contributed by atoms with Crippen molar-refractivity contribution in [3.05, 3.63) is 40.5 Å². The van der Waals surface area contributed by atoms with Crippen molar-refractivity contribution >= 4 is 43.2 Å². The highest BCUT2D eigenvalue weighted by molar-refractivity contribution is 7.89. The molecule has 3 aromatic rings. The molecule has 0 bridgehead atoms. The molecule has 32 heavy (non-hydrogen) atoms. The lowest BCUT2D eigenvalue weighted by Crippen LogP contribution is -2.36. The Labute approximate surface area is 191 Å². The number of aryl methyl sites for hydroxylation is 3. The van der Waals surface area contributed by atoms with E-state index in [9.17, 15) is 13.2 Å². The Kier molecular flexibility index (Phi) is 6.45. The lowest BCUT2D eigenvalue weighted by atomic mass is 10.2. The largest absolute Gasteiger partial charge is 0.467 e. The third-order valence-corrected chi connectivity index (χ3v) is 8.83. The molecule has 0 unspecified atom stereocenters. The number of hydrogen-bond donors (Lipinski definition) is 1. The fourth-order valence-corrected chi connectivity index (χ4v) is 6.55. The van der Waals surface area contributed by atoms with E-state index in [1.807, 2.05) is 13.8 Å². The number of carbonyl (C=O) groups excluding carboxylic acids is 1.